The maximum Gasteiger partial charge on any atom is 0.255 e. The fourth-order valence-corrected chi connectivity index (χ4v) is 5.71. The summed E-state index contributed by atoms with van der Waals surface area (Å²) in [6.07, 6.45) is 3.18. The van der Waals surface area contributed by atoms with Crippen molar-refractivity contribution in [2.24, 2.45) is 0 Å². The lowest BCUT2D eigenvalue weighted by molar-refractivity contribution is 0.0853. The quantitative estimate of drug-likeness (QED) is 0.413. The number of pyridine rings is 1. The molecule has 34 heavy (non-hydrogen) atoms. The standard InChI is InChI=1S/C25H24N2O6S/c1-31-24-6-2-18(17-8-11-32-12-9-17)15-23(24)27-22-5-4-21(14-19(22)3-7-25(27)28)34(29,30)16-20-10-13-33-26-20/h2-7,10,13-15,17H,8-9,11-12,16H2,1H3. The van der Waals surface area contributed by atoms with Crippen LogP contribution in [-0.4, -0.2) is 38.5 Å². The Morgan fingerprint density at radius 1 is 1.06 bits per heavy atom. The molecule has 3 heterocycles. The molecule has 0 radical (unpaired) electrons. The lowest BCUT2D eigenvalue weighted by Crippen LogP contribution is -2.19. The van der Waals surface area contributed by atoms with E-state index in [4.69, 9.17) is 14.0 Å². The van der Waals surface area contributed by atoms with Crippen molar-refractivity contribution in [3.63, 3.8) is 0 Å². The van der Waals surface area contributed by atoms with Crippen LogP contribution >= 0.6 is 0 Å². The Kier molecular flexibility index (Phi) is 5.97. The Hall–Kier alpha value is -3.43. The number of hydrogen-bond acceptors (Lipinski definition) is 7. The van der Waals surface area contributed by atoms with Crippen LogP contribution in [0.25, 0.3) is 16.6 Å². The molecule has 1 aliphatic heterocycles. The van der Waals surface area contributed by atoms with Gasteiger partial charge in [-0.3, -0.25) is 9.36 Å². The summed E-state index contributed by atoms with van der Waals surface area (Å²) in [4.78, 5) is 13.2. The topological polar surface area (TPSA) is 101 Å². The first-order valence-corrected chi connectivity index (χ1v) is 12.7. The van der Waals surface area contributed by atoms with E-state index in [9.17, 15) is 13.2 Å². The Labute approximate surface area is 196 Å². The van der Waals surface area contributed by atoms with Crippen LogP contribution in [0.1, 0.15) is 30.0 Å². The highest BCUT2D eigenvalue weighted by molar-refractivity contribution is 7.90. The first-order valence-electron chi connectivity index (χ1n) is 11.0. The maximum atomic E-state index is 13.0. The number of benzene rings is 2. The second kappa shape index (κ2) is 9.08. The number of nitrogens with zero attached hydrogens (tertiary/aromatic N) is 2. The maximum absolute atomic E-state index is 13.0. The van der Waals surface area contributed by atoms with E-state index in [-0.39, 0.29) is 16.2 Å². The Bertz CT molecular complexity index is 1490. The molecule has 2 aromatic heterocycles. The number of rotatable bonds is 6. The molecule has 0 N–H and O–H groups in total. The Balaban J connectivity index is 1.61. The van der Waals surface area contributed by atoms with Crippen molar-refractivity contribution in [3.8, 4) is 11.4 Å². The zero-order chi connectivity index (χ0) is 23.7. The second-order valence-corrected chi connectivity index (χ2v) is 10.3. The lowest BCUT2D eigenvalue weighted by atomic mass is 9.91. The van der Waals surface area contributed by atoms with Gasteiger partial charge in [0.2, 0.25) is 0 Å². The highest BCUT2D eigenvalue weighted by Crippen LogP contribution is 2.33. The van der Waals surface area contributed by atoms with E-state index in [1.54, 1.807) is 29.9 Å². The van der Waals surface area contributed by atoms with E-state index in [1.807, 2.05) is 18.2 Å². The van der Waals surface area contributed by atoms with Gasteiger partial charge in [-0.1, -0.05) is 11.2 Å². The minimum atomic E-state index is -3.64. The van der Waals surface area contributed by atoms with Gasteiger partial charge in [0.1, 0.15) is 17.8 Å². The van der Waals surface area contributed by atoms with Gasteiger partial charge in [0.15, 0.2) is 9.84 Å². The summed E-state index contributed by atoms with van der Waals surface area (Å²) < 4.78 is 43.2. The molecule has 5 rings (SSSR count). The predicted molar refractivity (Wildman–Crippen MR) is 126 cm³/mol. The van der Waals surface area contributed by atoms with Crippen LogP contribution in [0, 0.1) is 0 Å². The first-order chi connectivity index (χ1) is 16.5. The van der Waals surface area contributed by atoms with Gasteiger partial charge in [0, 0.05) is 30.7 Å². The monoisotopic (exact) mass is 480 g/mol. The summed E-state index contributed by atoms with van der Waals surface area (Å²) in [5, 5.41) is 4.32. The molecule has 1 saturated heterocycles. The molecule has 8 nitrogen and oxygen atoms in total. The van der Waals surface area contributed by atoms with Gasteiger partial charge >= 0.3 is 0 Å². The number of ether oxygens (including phenoxy) is 2. The Morgan fingerprint density at radius 3 is 2.62 bits per heavy atom. The summed E-state index contributed by atoms with van der Waals surface area (Å²) in [6, 6.07) is 15.3. The van der Waals surface area contributed by atoms with E-state index in [1.165, 1.54) is 24.5 Å². The van der Waals surface area contributed by atoms with Gasteiger partial charge in [-0.05, 0) is 60.7 Å². The average molecular weight is 481 g/mol. The zero-order valence-electron chi connectivity index (χ0n) is 18.6. The van der Waals surface area contributed by atoms with Gasteiger partial charge in [0.25, 0.3) is 5.56 Å². The Morgan fingerprint density at radius 2 is 1.88 bits per heavy atom. The highest BCUT2D eigenvalue weighted by Gasteiger charge is 2.21. The van der Waals surface area contributed by atoms with E-state index >= 15 is 0 Å². The van der Waals surface area contributed by atoms with Crippen LogP contribution in [0.5, 0.6) is 5.75 Å². The molecule has 1 fully saturated rings. The first kappa shape index (κ1) is 22.4. The molecule has 176 valence electrons. The number of hydrogen-bond donors (Lipinski definition) is 0. The van der Waals surface area contributed by atoms with Crippen LogP contribution < -0.4 is 10.3 Å². The van der Waals surface area contributed by atoms with Crippen LogP contribution in [0.2, 0.25) is 0 Å². The van der Waals surface area contributed by atoms with Gasteiger partial charge in [0.05, 0.1) is 28.9 Å². The van der Waals surface area contributed by atoms with Crippen LogP contribution in [0.3, 0.4) is 0 Å². The molecule has 0 aliphatic carbocycles. The van der Waals surface area contributed by atoms with Crippen molar-refractivity contribution in [2.45, 2.75) is 29.4 Å². The van der Waals surface area contributed by atoms with Crippen molar-refractivity contribution >= 4 is 20.7 Å². The highest BCUT2D eigenvalue weighted by atomic mass is 32.2. The number of fused-ring (bicyclic) bond motifs is 1. The normalized spacial score (nSPS) is 15.0. The van der Waals surface area contributed by atoms with Gasteiger partial charge in [-0.25, -0.2) is 8.42 Å². The van der Waals surface area contributed by atoms with E-state index in [0.717, 1.165) is 18.4 Å². The van der Waals surface area contributed by atoms with Crippen molar-refractivity contribution in [1.82, 2.24) is 9.72 Å². The SMILES string of the molecule is COc1ccc(C2CCOCC2)cc1-n1c(=O)ccc2cc(S(=O)(=O)Cc3ccon3)ccc21. The largest absolute Gasteiger partial charge is 0.495 e. The van der Waals surface area contributed by atoms with E-state index < -0.39 is 9.84 Å². The molecule has 0 unspecified atom stereocenters. The van der Waals surface area contributed by atoms with Gasteiger partial charge < -0.3 is 14.0 Å². The molecule has 4 aromatic rings. The van der Waals surface area contributed by atoms with E-state index in [0.29, 0.717) is 47.2 Å². The van der Waals surface area contributed by atoms with Crippen LogP contribution in [0.15, 0.2) is 75.1 Å². The van der Waals surface area contributed by atoms with Gasteiger partial charge in [-0.15, -0.1) is 0 Å². The second-order valence-electron chi connectivity index (χ2n) is 8.30. The predicted octanol–water partition coefficient (Wildman–Crippen LogP) is 3.86. The summed E-state index contributed by atoms with van der Waals surface area (Å²) >= 11 is 0. The van der Waals surface area contributed by atoms with Crippen LogP contribution in [0.4, 0.5) is 0 Å². The molecule has 9 heteroatoms. The molecule has 0 amide bonds. The van der Waals surface area contributed by atoms with Gasteiger partial charge in [-0.2, -0.15) is 0 Å². The fraction of sp³-hybridized carbons (Fsp3) is 0.280. The molecule has 0 spiro atoms. The van der Waals surface area contributed by atoms with Crippen LogP contribution in [-0.2, 0) is 20.3 Å². The molecular weight excluding hydrogens is 456 g/mol. The molecule has 1 aliphatic rings. The molecule has 0 bridgehead atoms. The minimum absolute atomic E-state index is 0.149. The third-order valence-corrected chi connectivity index (χ3v) is 7.84. The summed E-state index contributed by atoms with van der Waals surface area (Å²) in [5.74, 6) is 0.640. The number of sulfone groups is 1. The summed E-state index contributed by atoms with van der Waals surface area (Å²) in [7, 11) is -2.08. The number of aromatic nitrogens is 2. The number of methoxy groups -OCH3 is 1. The summed E-state index contributed by atoms with van der Waals surface area (Å²) in [6.45, 7) is 1.43. The average Bonchev–Trinajstić information content (AvgIpc) is 3.36. The van der Waals surface area contributed by atoms with E-state index in [2.05, 4.69) is 5.16 Å². The smallest absolute Gasteiger partial charge is 0.255 e. The third-order valence-electron chi connectivity index (χ3n) is 6.19. The zero-order valence-corrected chi connectivity index (χ0v) is 19.5. The summed E-state index contributed by atoms with van der Waals surface area (Å²) in [5.41, 5.74) is 2.44. The van der Waals surface area contributed by atoms with Crippen molar-refractivity contribution in [2.75, 3.05) is 20.3 Å². The molecular formula is C25H24N2O6S. The molecule has 0 saturated carbocycles. The van der Waals surface area contributed by atoms with Crippen molar-refractivity contribution in [3.05, 3.63) is 82.5 Å². The molecule has 2 aromatic carbocycles. The minimum Gasteiger partial charge on any atom is -0.495 e. The fourth-order valence-electron chi connectivity index (χ4n) is 4.42. The molecule has 0 atom stereocenters. The lowest BCUT2D eigenvalue weighted by Gasteiger charge is -2.24. The third kappa shape index (κ3) is 4.24. The van der Waals surface area contributed by atoms with Crippen molar-refractivity contribution in [1.29, 1.82) is 0 Å². The van der Waals surface area contributed by atoms with Crippen molar-refractivity contribution < 1.29 is 22.4 Å².